The third-order valence-corrected chi connectivity index (χ3v) is 8.24. The van der Waals surface area contributed by atoms with Gasteiger partial charge in [0.25, 0.3) is 5.19 Å². The predicted octanol–water partition coefficient (Wildman–Crippen LogP) is 4.89. The Balaban J connectivity index is 1.31. The van der Waals surface area contributed by atoms with Crippen LogP contribution in [-0.2, 0) is 9.84 Å². The molecular weight excluding hydrogens is 557 g/mol. The summed E-state index contributed by atoms with van der Waals surface area (Å²) < 4.78 is 76.3. The molecule has 0 saturated carbocycles. The van der Waals surface area contributed by atoms with Gasteiger partial charge in [0.15, 0.2) is 26.8 Å². The van der Waals surface area contributed by atoms with Gasteiger partial charge >= 0.3 is 12.2 Å². The Kier molecular flexibility index (Phi) is 7.22. The monoisotopic (exact) mass is 582 g/mol. The van der Waals surface area contributed by atoms with Gasteiger partial charge in [0.1, 0.15) is 10.3 Å². The Morgan fingerprint density at radius 2 is 1.85 bits per heavy atom. The smallest absolute Gasteiger partial charge is 0.425 e. The van der Waals surface area contributed by atoms with Crippen molar-refractivity contribution in [2.45, 2.75) is 49.9 Å². The number of alkyl halides is 3. The van der Waals surface area contributed by atoms with E-state index < -0.39 is 28.0 Å². The number of hydrogen-bond donors (Lipinski definition) is 0. The Hall–Kier alpha value is -3.33. The molecule has 5 heterocycles. The fourth-order valence-corrected chi connectivity index (χ4v) is 5.66. The molecule has 0 amide bonds. The maximum Gasteiger partial charge on any atom is 0.425 e. The predicted molar refractivity (Wildman–Crippen MR) is 138 cm³/mol. The highest BCUT2D eigenvalue weighted by atomic mass is 32.2. The molecule has 15 heteroatoms. The van der Waals surface area contributed by atoms with Gasteiger partial charge in [-0.15, -0.1) is 0 Å². The summed E-state index contributed by atoms with van der Waals surface area (Å²) in [5.74, 6) is -0.137. The minimum absolute atomic E-state index is 0.0674. The van der Waals surface area contributed by atoms with Crippen LogP contribution < -0.4 is 9.64 Å². The molecule has 1 unspecified atom stereocenters. The number of aromatic nitrogens is 5. The van der Waals surface area contributed by atoms with Gasteiger partial charge in [-0.3, -0.25) is 0 Å². The lowest BCUT2D eigenvalue weighted by Gasteiger charge is -2.35. The second kappa shape index (κ2) is 10.3. The lowest BCUT2D eigenvalue weighted by molar-refractivity contribution is -0.211. The molecule has 1 aliphatic rings. The van der Waals surface area contributed by atoms with Crippen LogP contribution in [0.25, 0.3) is 21.6 Å². The Bertz CT molecular complexity index is 1560. The highest BCUT2D eigenvalue weighted by Gasteiger charge is 2.48. The van der Waals surface area contributed by atoms with Crippen molar-refractivity contribution >= 4 is 37.5 Å². The average molecular weight is 583 g/mol. The molecule has 0 radical (unpaired) electrons. The SMILES string of the molecule is CC(C)c1noc(N2CCC(C(Oc3nc4ccc(-c5ccc(S(C)(=O)=O)nc5)nc4s3)C(F)(F)F)CC2)n1. The lowest BCUT2D eigenvalue weighted by Crippen LogP contribution is -2.46. The van der Waals surface area contributed by atoms with Crippen LogP contribution in [0, 0.1) is 5.92 Å². The topological polar surface area (TPSA) is 124 Å². The second-order valence-electron chi connectivity index (χ2n) is 9.65. The van der Waals surface area contributed by atoms with E-state index >= 15 is 0 Å². The van der Waals surface area contributed by atoms with Crippen LogP contribution in [0.3, 0.4) is 0 Å². The molecule has 0 aliphatic carbocycles. The summed E-state index contributed by atoms with van der Waals surface area (Å²) in [5.41, 5.74) is 1.43. The largest absolute Gasteiger partial charge is 0.457 e. The zero-order valence-corrected chi connectivity index (χ0v) is 22.8. The first-order valence-corrected chi connectivity index (χ1v) is 14.9. The van der Waals surface area contributed by atoms with Gasteiger partial charge in [0.2, 0.25) is 0 Å². The van der Waals surface area contributed by atoms with E-state index in [1.807, 2.05) is 13.8 Å². The fourth-order valence-electron chi connectivity index (χ4n) is 4.28. The number of fused-ring (bicyclic) bond motifs is 1. The van der Waals surface area contributed by atoms with Crippen molar-refractivity contribution in [2.24, 2.45) is 5.92 Å². The first kappa shape index (κ1) is 27.2. The first-order chi connectivity index (χ1) is 18.4. The van der Waals surface area contributed by atoms with Crippen molar-refractivity contribution in [1.82, 2.24) is 25.1 Å². The van der Waals surface area contributed by atoms with Crippen LogP contribution in [0.5, 0.6) is 5.19 Å². The van der Waals surface area contributed by atoms with Crippen LogP contribution in [-0.4, -0.2) is 65.1 Å². The van der Waals surface area contributed by atoms with E-state index in [-0.39, 0.29) is 29.0 Å². The van der Waals surface area contributed by atoms with Gasteiger partial charge in [-0.25, -0.2) is 23.4 Å². The van der Waals surface area contributed by atoms with E-state index in [1.165, 1.54) is 12.3 Å². The normalized spacial score (nSPS) is 16.2. The zero-order chi connectivity index (χ0) is 27.9. The Labute approximate surface area is 226 Å². The van der Waals surface area contributed by atoms with Gasteiger partial charge in [0, 0.05) is 42.9 Å². The van der Waals surface area contributed by atoms with Gasteiger partial charge in [-0.2, -0.15) is 18.2 Å². The van der Waals surface area contributed by atoms with Gasteiger partial charge in [-0.1, -0.05) is 30.3 Å². The summed E-state index contributed by atoms with van der Waals surface area (Å²) in [6.45, 7) is 4.52. The zero-order valence-electron chi connectivity index (χ0n) is 21.2. The molecule has 0 N–H and O–H groups in total. The minimum Gasteiger partial charge on any atom is -0.457 e. The first-order valence-electron chi connectivity index (χ1n) is 12.1. The van der Waals surface area contributed by atoms with Crippen LogP contribution in [0.1, 0.15) is 38.4 Å². The summed E-state index contributed by atoms with van der Waals surface area (Å²) >= 11 is 0.920. The molecule has 1 aliphatic heterocycles. The van der Waals surface area contributed by atoms with E-state index in [1.54, 1.807) is 23.1 Å². The minimum atomic E-state index is -4.59. The summed E-state index contributed by atoms with van der Waals surface area (Å²) in [6.07, 6.45) is -3.72. The van der Waals surface area contributed by atoms with Crippen LogP contribution in [0.2, 0.25) is 0 Å². The van der Waals surface area contributed by atoms with Crippen LogP contribution >= 0.6 is 11.3 Å². The molecule has 0 spiro atoms. The van der Waals surface area contributed by atoms with Crippen molar-refractivity contribution in [2.75, 3.05) is 24.2 Å². The molecule has 39 heavy (non-hydrogen) atoms. The number of ether oxygens (including phenoxy) is 1. The highest BCUT2D eigenvalue weighted by molar-refractivity contribution is 7.90. The molecule has 1 saturated heterocycles. The summed E-state index contributed by atoms with van der Waals surface area (Å²) in [5, 5.41) is 3.74. The number of rotatable bonds is 7. The molecule has 1 fully saturated rings. The molecule has 5 rings (SSSR count). The Morgan fingerprint density at radius 3 is 2.44 bits per heavy atom. The standard InChI is InChI=1S/C24H25F3N6O4S2/c1-13(2)20-31-22(37-32-20)33-10-8-14(9-11-33)19(24(25,26)27)36-23-30-17-6-5-16(29-21(17)38-23)15-4-7-18(28-12-15)39(3,34)35/h4-7,12-14,19H,8-11H2,1-3H3. The summed E-state index contributed by atoms with van der Waals surface area (Å²) in [6, 6.07) is 6.53. The van der Waals surface area contributed by atoms with E-state index in [9.17, 15) is 21.6 Å². The average Bonchev–Trinajstić information content (AvgIpc) is 3.53. The molecule has 4 aromatic heterocycles. The molecule has 1 atom stereocenters. The number of anilines is 1. The van der Waals surface area contributed by atoms with Gasteiger partial charge in [-0.05, 0) is 37.1 Å². The van der Waals surface area contributed by atoms with Crippen molar-refractivity contribution in [3.8, 4) is 16.5 Å². The molecule has 10 nitrogen and oxygen atoms in total. The quantitative estimate of drug-likeness (QED) is 0.297. The van der Waals surface area contributed by atoms with E-state index in [0.29, 0.717) is 46.5 Å². The molecule has 0 bridgehead atoms. The lowest BCUT2D eigenvalue weighted by atomic mass is 9.91. The van der Waals surface area contributed by atoms with E-state index in [2.05, 4.69) is 25.1 Å². The second-order valence-corrected chi connectivity index (χ2v) is 12.6. The molecule has 4 aromatic rings. The maximum atomic E-state index is 14.1. The number of hydrogen-bond acceptors (Lipinski definition) is 11. The van der Waals surface area contributed by atoms with Crippen molar-refractivity contribution < 1.29 is 30.8 Å². The van der Waals surface area contributed by atoms with Gasteiger partial charge < -0.3 is 14.2 Å². The van der Waals surface area contributed by atoms with Crippen molar-refractivity contribution in [3.05, 3.63) is 36.3 Å². The highest BCUT2D eigenvalue weighted by Crippen LogP contribution is 2.38. The van der Waals surface area contributed by atoms with Crippen LogP contribution in [0.15, 0.2) is 40.0 Å². The van der Waals surface area contributed by atoms with Crippen molar-refractivity contribution in [3.63, 3.8) is 0 Å². The van der Waals surface area contributed by atoms with Gasteiger partial charge in [0.05, 0.1) is 5.69 Å². The van der Waals surface area contributed by atoms with Crippen molar-refractivity contribution in [1.29, 1.82) is 0 Å². The van der Waals surface area contributed by atoms with E-state index in [4.69, 9.17) is 9.26 Å². The number of halogens is 3. The number of pyridine rings is 2. The Morgan fingerprint density at radius 1 is 1.10 bits per heavy atom. The number of piperidine rings is 1. The summed E-state index contributed by atoms with van der Waals surface area (Å²) in [7, 11) is -3.45. The van der Waals surface area contributed by atoms with Crippen LogP contribution in [0.4, 0.5) is 19.2 Å². The van der Waals surface area contributed by atoms with E-state index in [0.717, 1.165) is 17.6 Å². The molecule has 0 aromatic carbocycles. The number of nitrogens with zero attached hydrogens (tertiary/aromatic N) is 6. The molecular formula is C24H25F3N6O4S2. The number of thiazole rings is 1. The molecule has 208 valence electrons. The maximum absolute atomic E-state index is 14.1. The third-order valence-electron chi connectivity index (χ3n) is 6.38. The number of sulfone groups is 1. The summed E-state index contributed by atoms with van der Waals surface area (Å²) in [4.78, 5) is 19.2. The fraction of sp³-hybridized carbons (Fsp3) is 0.458. The third kappa shape index (κ3) is 5.98.